The summed E-state index contributed by atoms with van der Waals surface area (Å²) in [5, 5.41) is 8.88. The molecule has 0 aromatic carbocycles. The molecule has 6 nitrogen and oxygen atoms in total. The third-order valence-corrected chi connectivity index (χ3v) is 1.93. The summed E-state index contributed by atoms with van der Waals surface area (Å²) in [6, 6.07) is 1.39. The lowest BCUT2D eigenvalue weighted by molar-refractivity contribution is 0.0534. The predicted molar refractivity (Wildman–Crippen MR) is 59.4 cm³/mol. The first-order valence-corrected chi connectivity index (χ1v) is 5.12. The van der Waals surface area contributed by atoms with Crippen LogP contribution < -0.4 is 4.74 Å². The zero-order valence-electron chi connectivity index (χ0n) is 9.59. The molecular formula is C11H15NO5. The molecule has 0 aliphatic heterocycles. The first-order valence-electron chi connectivity index (χ1n) is 5.12. The summed E-state index contributed by atoms with van der Waals surface area (Å²) in [4.78, 5) is 14.6. The van der Waals surface area contributed by atoms with Gasteiger partial charge in [0.15, 0.2) is 5.75 Å². The fourth-order valence-corrected chi connectivity index (χ4v) is 1.13. The molecule has 17 heavy (non-hydrogen) atoms. The summed E-state index contributed by atoms with van der Waals surface area (Å²) in [5.74, 6) is -0.793. The number of pyridine rings is 1. The minimum atomic E-state index is -1.04. The normalized spacial score (nSPS) is 10.2. The Morgan fingerprint density at radius 2 is 2.12 bits per heavy atom. The molecule has 1 aromatic rings. The number of hydrogen-bond acceptors (Lipinski definition) is 5. The number of aromatic carboxylic acids is 1. The van der Waals surface area contributed by atoms with E-state index in [-0.39, 0.29) is 17.9 Å². The largest absolute Gasteiger partial charge is 0.489 e. The van der Waals surface area contributed by atoms with E-state index >= 15 is 0 Å². The lowest BCUT2D eigenvalue weighted by Gasteiger charge is -2.08. The summed E-state index contributed by atoms with van der Waals surface area (Å²) in [6.07, 6.45) is 2.78. The topological polar surface area (TPSA) is 77.9 Å². The molecule has 0 saturated carbocycles. The number of carboxylic acids is 1. The Kier molecular flexibility index (Phi) is 5.98. The van der Waals surface area contributed by atoms with E-state index in [1.807, 2.05) is 0 Å². The van der Waals surface area contributed by atoms with Gasteiger partial charge in [-0.25, -0.2) is 4.79 Å². The highest BCUT2D eigenvalue weighted by Gasteiger charge is 2.10. The summed E-state index contributed by atoms with van der Waals surface area (Å²) in [6.45, 7) is 1.65. The van der Waals surface area contributed by atoms with E-state index in [0.29, 0.717) is 19.8 Å². The molecule has 0 radical (unpaired) electrons. The molecule has 1 rings (SSSR count). The second-order valence-corrected chi connectivity index (χ2v) is 3.13. The van der Waals surface area contributed by atoms with Crippen LogP contribution >= 0.6 is 0 Å². The number of carboxylic acid groups (broad SMARTS) is 1. The van der Waals surface area contributed by atoms with Crippen LogP contribution in [0.3, 0.4) is 0 Å². The molecule has 0 fully saturated rings. The van der Waals surface area contributed by atoms with Crippen LogP contribution in [0.2, 0.25) is 0 Å². The molecule has 0 bridgehead atoms. The van der Waals surface area contributed by atoms with Gasteiger partial charge in [-0.1, -0.05) is 0 Å². The lowest BCUT2D eigenvalue weighted by Crippen LogP contribution is -2.11. The van der Waals surface area contributed by atoms with Gasteiger partial charge in [-0.15, -0.1) is 0 Å². The van der Waals surface area contributed by atoms with Crippen LogP contribution in [-0.4, -0.2) is 49.6 Å². The van der Waals surface area contributed by atoms with Crippen molar-refractivity contribution in [2.75, 3.05) is 33.5 Å². The van der Waals surface area contributed by atoms with E-state index in [1.165, 1.54) is 18.5 Å². The van der Waals surface area contributed by atoms with Crippen molar-refractivity contribution < 1.29 is 24.1 Å². The highest BCUT2D eigenvalue weighted by atomic mass is 16.5. The number of carbonyl (C=O) groups is 1. The third kappa shape index (κ3) is 4.80. The maximum atomic E-state index is 10.8. The predicted octanol–water partition coefficient (Wildman–Crippen LogP) is 0.822. The molecule has 0 amide bonds. The van der Waals surface area contributed by atoms with E-state index in [9.17, 15) is 4.79 Å². The molecule has 0 aliphatic rings. The van der Waals surface area contributed by atoms with Gasteiger partial charge in [-0.3, -0.25) is 4.98 Å². The third-order valence-electron chi connectivity index (χ3n) is 1.93. The molecule has 1 N–H and O–H groups in total. The first kappa shape index (κ1) is 13.4. The monoisotopic (exact) mass is 241 g/mol. The van der Waals surface area contributed by atoms with Crippen LogP contribution in [0, 0.1) is 0 Å². The average molecular weight is 241 g/mol. The summed E-state index contributed by atoms with van der Waals surface area (Å²) in [5.41, 5.74) is 0.0943. The van der Waals surface area contributed by atoms with E-state index in [4.69, 9.17) is 19.3 Å². The second-order valence-electron chi connectivity index (χ2n) is 3.13. The summed E-state index contributed by atoms with van der Waals surface area (Å²) in [7, 11) is 1.59. The van der Waals surface area contributed by atoms with Gasteiger partial charge in [0.05, 0.1) is 26.0 Å². The highest BCUT2D eigenvalue weighted by molar-refractivity contribution is 5.90. The number of hydrogen-bond donors (Lipinski definition) is 1. The van der Waals surface area contributed by atoms with Crippen LogP contribution in [0.4, 0.5) is 0 Å². The molecule has 0 unspecified atom stereocenters. The minimum Gasteiger partial charge on any atom is -0.489 e. The van der Waals surface area contributed by atoms with E-state index < -0.39 is 5.97 Å². The van der Waals surface area contributed by atoms with Gasteiger partial charge in [-0.2, -0.15) is 0 Å². The molecular weight excluding hydrogens is 226 g/mol. The highest BCUT2D eigenvalue weighted by Crippen LogP contribution is 2.15. The summed E-state index contributed by atoms with van der Waals surface area (Å²) < 4.78 is 15.3. The van der Waals surface area contributed by atoms with Crippen molar-refractivity contribution in [3.8, 4) is 5.75 Å². The van der Waals surface area contributed by atoms with Crippen molar-refractivity contribution in [3.63, 3.8) is 0 Å². The van der Waals surface area contributed by atoms with Crippen LogP contribution in [0.5, 0.6) is 5.75 Å². The Bertz CT molecular complexity index is 355. The maximum Gasteiger partial charge on any atom is 0.339 e. The van der Waals surface area contributed by atoms with Crippen molar-refractivity contribution in [1.82, 2.24) is 4.98 Å². The quantitative estimate of drug-likeness (QED) is 0.679. The standard InChI is InChI=1S/C11H15NO5/c1-15-4-5-16-6-7-17-10-8-12-3-2-9(10)11(13)14/h2-3,8H,4-7H2,1H3,(H,13,14). The van der Waals surface area contributed by atoms with Crippen LogP contribution in [0.15, 0.2) is 18.5 Å². The Hall–Kier alpha value is -1.66. The van der Waals surface area contributed by atoms with Crippen molar-refractivity contribution in [2.45, 2.75) is 0 Å². The SMILES string of the molecule is COCCOCCOc1cnccc1C(=O)O. The lowest BCUT2D eigenvalue weighted by atomic mass is 10.2. The first-order chi connectivity index (χ1) is 8.25. The fourth-order valence-electron chi connectivity index (χ4n) is 1.13. The van der Waals surface area contributed by atoms with Crippen LogP contribution in [0.25, 0.3) is 0 Å². The van der Waals surface area contributed by atoms with E-state index in [0.717, 1.165) is 0 Å². The van der Waals surface area contributed by atoms with Crippen molar-refractivity contribution in [1.29, 1.82) is 0 Å². The Labute approximate surface area is 99.1 Å². The van der Waals surface area contributed by atoms with Crippen LogP contribution in [0.1, 0.15) is 10.4 Å². The molecule has 0 aliphatic carbocycles. The van der Waals surface area contributed by atoms with Gasteiger partial charge in [0.2, 0.25) is 0 Å². The second kappa shape index (κ2) is 7.59. The number of aromatic nitrogens is 1. The average Bonchev–Trinajstić information content (AvgIpc) is 2.34. The molecule has 6 heteroatoms. The number of methoxy groups -OCH3 is 1. The van der Waals surface area contributed by atoms with Gasteiger partial charge in [0.25, 0.3) is 0 Å². The van der Waals surface area contributed by atoms with Gasteiger partial charge in [0, 0.05) is 13.3 Å². The minimum absolute atomic E-state index is 0.0943. The molecule has 0 atom stereocenters. The van der Waals surface area contributed by atoms with Gasteiger partial charge >= 0.3 is 5.97 Å². The molecule has 0 spiro atoms. The molecule has 1 aromatic heterocycles. The smallest absolute Gasteiger partial charge is 0.339 e. The van der Waals surface area contributed by atoms with E-state index in [2.05, 4.69) is 4.98 Å². The van der Waals surface area contributed by atoms with Crippen LogP contribution in [-0.2, 0) is 9.47 Å². The Balaban J connectivity index is 2.34. The fraction of sp³-hybridized carbons (Fsp3) is 0.455. The van der Waals surface area contributed by atoms with Gasteiger partial charge in [-0.05, 0) is 6.07 Å². The molecule has 94 valence electrons. The molecule has 1 heterocycles. The van der Waals surface area contributed by atoms with Gasteiger partial charge < -0.3 is 19.3 Å². The van der Waals surface area contributed by atoms with Crippen molar-refractivity contribution in [3.05, 3.63) is 24.0 Å². The van der Waals surface area contributed by atoms with E-state index in [1.54, 1.807) is 7.11 Å². The Morgan fingerprint density at radius 3 is 2.82 bits per heavy atom. The number of ether oxygens (including phenoxy) is 3. The van der Waals surface area contributed by atoms with Crippen molar-refractivity contribution >= 4 is 5.97 Å². The maximum absolute atomic E-state index is 10.8. The number of nitrogens with zero attached hydrogens (tertiary/aromatic N) is 1. The van der Waals surface area contributed by atoms with Gasteiger partial charge in [0.1, 0.15) is 12.2 Å². The molecule has 0 saturated heterocycles. The Morgan fingerprint density at radius 1 is 1.35 bits per heavy atom. The van der Waals surface area contributed by atoms with Crippen molar-refractivity contribution in [2.24, 2.45) is 0 Å². The number of rotatable bonds is 8. The zero-order valence-corrected chi connectivity index (χ0v) is 9.59. The summed E-state index contributed by atoms with van der Waals surface area (Å²) >= 11 is 0. The zero-order chi connectivity index (χ0) is 12.5.